The molecule has 0 heterocycles. The van der Waals surface area contributed by atoms with Crippen LogP contribution in [0.5, 0.6) is 5.75 Å². The van der Waals surface area contributed by atoms with Crippen molar-refractivity contribution in [3.63, 3.8) is 0 Å². The first-order valence-electron chi connectivity index (χ1n) is 6.37. The highest BCUT2D eigenvalue weighted by molar-refractivity contribution is 6.05. The van der Waals surface area contributed by atoms with E-state index in [0.717, 1.165) is 6.07 Å². The molecule has 0 unspecified atom stereocenters. The molecule has 0 fully saturated rings. The van der Waals surface area contributed by atoms with Gasteiger partial charge in [0.25, 0.3) is 0 Å². The lowest BCUT2D eigenvalue weighted by Gasteiger charge is -2.11. The van der Waals surface area contributed by atoms with Crippen molar-refractivity contribution in [2.24, 2.45) is 0 Å². The lowest BCUT2D eigenvalue weighted by atomic mass is 9.94. The Morgan fingerprint density at radius 1 is 0.909 bits per heavy atom. The molecule has 0 radical (unpaired) electrons. The van der Waals surface area contributed by atoms with E-state index in [2.05, 4.69) is 0 Å². The predicted octanol–water partition coefficient (Wildman–Crippen LogP) is 4.44. The molecule has 0 aliphatic rings. The van der Waals surface area contributed by atoms with E-state index < -0.39 is 23.0 Å². The molecule has 0 bridgehead atoms. The minimum Gasteiger partial charge on any atom is -0.508 e. The molecular formula is C17H9F3O2. The highest BCUT2D eigenvalue weighted by Gasteiger charge is 2.19. The molecule has 0 aliphatic heterocycles. The number of carbonyl (C=O) groups is 1. The van der Waals surface area contributed by atoms with Crippen molar-refractivity contribution in [1.29, 1.82) is 0 Å². The van der Waals surface area contributed by atoms with Crippen LogP contribution in [0.3, 0.4) is 0 Å². The summed E-state index contributed by atoms with van der Waals surface area (Å²) < 4.78 is 41.3. The van der Waals surface area contributed by atoms with Crippen molar-refractivity contribution in [2.75, 3.05) is 0 Å². The average molecular weight is 302 g/mol. The van der Waals surface area contributed by atoms with Gasteiger partial charge in [0.2, 0.25) is 0 Å². The lowest BCUT2D eigenvalue weighted by molar-refractivity contribution is 0.112. The summed E-state index contributed by atoms with van der Waals surface area (Å²) in [6.45, 7) is 0. The Hall–Kier alpha value is -2.82. The zero-order valence-electron chi connectivity index (χ0n) is 11.1. The zero-order valence-corrected chi connectivity index (χ0v) is 11.1. The third-order valence-electron chi connectivity index (χ3n) is 3.48. The summed E-state index contributed by atoms with van der Waals surface area (Å²) in [7, 11) is 0. The first-order valence-corrected chi connectivity index (χ1v) is 6.37. The van der Waals surface area contributed by atoms with Crippen LogP contribution in [0.15, 0.2) is 42.5 Å². The largest absolute Gasteiger partial charge is 0.508 e. The number of halogens is 3. The number of hydrogen-bond donors (Lipinski definition) is 1. The number of carbonyl (C=O) groups excluding carboxylic acids is 1. The molecule has 0 aromatic heterocycles. The lowest BCUT2D eigenvalue weighted by Crippen LogP contribution is -1.98. The molecule has 0 saturated heterocycles. The van der Waals surface area contributed by atoms with Crippen molar-refractivity contribution in [1.82, 2.24) is 0 Å². The molecule has 3 aromatic rings. The number of aldehydes is 1. The molecule has 0 spiro atoms. The molecule has 22 heavy (non-hydrogen) atoms. The Morgan fingerprint density at radius 2 is 1.64 bits per heavy atom. The second-order valence-electron chi connectivity index (χ2n) is 4.77. The minimum atomic E-state index is -1.35. The minimum absolute atomic E-state index is 0.000200. The maximum Gasteiger partial charge on any atom is 0.169 e. The van der Waals surface area contributed by atoms with E-state index in [9.17, 15) is 23.1 Å². The fourth-order valence-electron chi connectivity index (χ4n) is 2.46. The van der Waals surface area contributed by atoms with E-state index in [1.165, 1.54) is 30.3 Å². The first kappa shape index (κ1) is 14.1. The number of aromatic hydroxyl groups is 1. The standard InChI is InChI=1S/C17H9F3O2/c18-14-5-6-15(19)17(20)16(14)12-3-1-9-7-10(22)2-4-11(9)13(12)8-21/h1-8,22H. The van der Waals surface area contributed by atoms with Gasteiger partial charge in [-0.1, -0.05) is 12.1 Å². The number of fused-ring (bicyclic) bond motifs is 1. The van der Waals surface area contributed by atoms with E-state index in [0.29, 0.717) is 23.1 Å². The molecule has 0 saturated carbocycles. The molecular weight excluding hydrogens is 293 g/mol. The first-order chi connectivity index (χ1) is 10.5. The molecule has 0 atom stereocenters. The highest BCUT2D eigenvalue weighted by Crippen LogP contribution is 2.34. The molecule has 2 nitrogen and oxygen atoms in total. The van der Waals surface area contributed by atoms with Crippen molar-refractivity contribution >= 4 is 17.1 Å². The van der Waals surface area contributed by atoms with Gasteiger partial charge in [0.1, 0.15) is 11.6 Å². The van der Waals surface area contributed by atoms with Crippen LogP contribution in [-0.2, 0) is 0 Å². The maximum atomic E-state index is 14.0. The normalized spacial score (nSPS) is 10.9. The van der Waals surface area contributed by atoms with Crippen LogP contribution in [-0.4, -0.2) is 11.4 Å². The fourth-order valence-corrected chi connectivity index (χ4v) is 2.46. The van der Waals surface area contributed by atoms with E-state index in [1.54, 1.807) is 0 Å². The molecule has 3 aromatic carbocycles. The summed E-state index contributed by atoms with van der Waals surface area (Å²) in [4.78, 5) is 11.4. The summed E-state index contributed by atoms with van der Waals surface area (Å²) in [5.41, 5.74) is -0.597. The number of phenolic OH excluding ortho intramolecular Hbond substituents is 1. The van der Waals surface area contributed by atoms with Crippen LogP contribution in [0.25, 0.3) is 21.9 Å². The number of phenols is 1. The van der Waals surface area contributed by atoms with E-state index >= 15 is 0 Å². The Morgan fingerprint density at radius 3 is 2.36 bits per heavy atom. The van der Waals surface area contributed by atoms with Crippen LogP contribution < -0.4 is 0 Å². The van der Waals surface area contributed by atoms with Gasteiger partial charge in [0, 0.05) is 5.56 Å². The maximum absolute atomic E-state index is 14.0. The van der Waals surface area contributed by atoms with Gasteiger partial charge in [0.05, 0.1) is 5.56 Å². The van der Waals surface area contributed by atoms with E-state index in [1.807, 2.05) is 0 Å². The summed E-state index contributed by atoms with van der Waals surface area (Å²) in [5.74, 6) is -3.50. The second kappa shape index (κ2) is 5.18. The zero-order chi connectivity index (χ0) is 15.9. The Labute approximate surface area is 123 Å². The van der Waals surface area contributed by atoms with Crippen LogP contribution in [0.1, 0.15) is 10.4 Å². The average Bonchev–Trinajstić information content (AvgIpc) is 2.51. The molecule has 110 valence electrons. The van der Waals surface area contributed by atoms with Crippen LogP contribution >= 0.6 is 0 Å². The van der Waals surface area contributed by atoms with E-state index in [-0.39, 0.29) is 16.9 Å². The number of hydrogen-bond acceptors (Lipinski definition) is 2. The highest BCUT2D eigenvalue weighted by atomic mass is 19.2. The Kier molecular flexibility index (Phi) is 3.33. The van der Waals surface area contributed by atoms with Crippen LogP contribution in [0.2, 0.25) is 0 Å². The summed E-state index contributed by atoms with van der Waals surface area (Å²) in [5, 5.41) is 10.4. The van der Waals surface area contributed by atoms with Gasteiger partial charge in [-0.3, -0.25) is 4.79 Å². The van der Waals surface area contributed by atoms with Gasteiger partial charge in [-0.05, 0) is 46.7 Å². The molecule has 5 heteroatoms. The predicted molar refractivity (Wildman–Crippen MR) is 76.3 cm³/mol. The van der Waals surface area contributed by atoms with Crippen molar-refractivity contribution < 1.29 is 23.1 Å². The second-order valence-corrected chi connectivity index (χ2v) is 4.77. The third kappa shape index (κ3) is 2.11. The summed E-state index contributed by atoms with van der Waals surface area (Å²) >= 11 is 0. The fraction of sp³-hybridized carbons (Fsp3) is 0. The van der Waals surface area contributed by atoms with E-state index in [4.69, 9.17) is 0 Å². The molecule has 1 N–H and O–H groups in total. The van der Waals surface area contributed by atoms with Gasteiger partial charge in [-0.15, -0.1) is 0 Å². The Bertz CT molecular complexity index is 904. The quantitative estimate of drug-likeness (QED) is 0.561. The molecule has 0 amide bonds. The van der Waals surface area contributed by atoms with Crippen LogP contribution in [0, 0.1) is 17.5 Å². The van der Waals surface area contributed by atoms with Gasteiger partial charge < -0.3 is 5.11 Å². The Balaban J connectivity index is 2.40. The van der Waals surface area contributed by atoms with Gasteiger partial charge in [-0.2, -0.15) is 0 Å². The number of rotatable bonds is 2. The summed E-state index contributed by atoms with van der Waals surface area (Å²) in [6, 6.07) is 8.57. The van der Waals surface area contributed by atoms with Gasteiger partial charge in [0.15, 0.2) is 17.9 Å². The van der Waals surface area contributed by atoms with Crippen molar-refractivity contribution in [3.05, 3.63) is 65.5 Å². The number of benzene rings is 3. The topological polar surface area (TPSA) is 37.3 Å². The monoisotopic (exact) mass is 302 g/mol. The van der Waals surface area contributed by atoms with Gasteiger partial charge >= 0.3 is 0 Å². The van der Waals surface area contributed by atoms with Gasteiger partial charge in [-0.25, -0.2) is 13.2 Å². The third-order valence-corrected chi connectivity index (χ3v) is 3.48. The summed E-state index contributed by atoms with van der Waals surface area (Å²) in [6.07, 6.45) is 0.457. The van der Waals surface area contributed by atoms with Crippen molar-refractivity contribution in [2.45, 2.75) is 0 Å². The van der Waals surface area contributed by atoms with Crippen LogP contribution in [0.4, 0.5) is 13.2 Å². The van der Waals surface area contributed by atoms with Crippen molar-refractivity contribution in [3.8, 4) is 16.9 Å². The molecule has 0 aliphatic carbocycles. The smallest absolute Gasteiger partial charge is 0.169 e. The molecule has 3 rings (SSSR count). The SMILES string of the molecule is O=Cc1c(-c2c(F)ccc(F)c2F)ccc2cc(O)ccc12.